The van der Waals surface area contributed by atoms with Gasteiger partial charge in [-0.15, -0.1) is 0 Å². The standard InChI is InChI=1S/C13H18N2O3/c16-13(17)15-11-1-3-12(4-2-11)18-9-10-5-7-14-8-6-10/h5-8,11-12,15H,1-4,9H2,(H,16,17). The van der Waals surface area contributed by atoms with Crippen LogP contribution in [0.25, 0.3) is 0 Å². The van der Waals surface area contributed by atoms with Crippen LogP contribution >= 0.6 is 0 Å². The van der Waals surface area contributed by atoms with Crippen molar-refractivity contribution in [2.75, 3.05) is 0 Å². The first kappa shape index (κ1) is 12.8. The molecular weight excluding hydrogens is 232 g/mol. The number of carbonyl (C=O) groups is 1. The Kier molecular flexibility index (Phi) is 4.52. The molecule has 5 nitrogen and oxygen atoms in total. The number of aromatic nitrogens is 1. The summed E-state index contributed by atoms with van der Waals surface area (Å²) in [6.07, 6.45) is 6.35. The molecule has 0 aliphatic heterocycles. The first-order chi connectivity index (χ1) is 8.74. The number of nitrogens with one attached hydrogen (secondary N) is 1. The summed E-state index contributed by atoms with van der Waals surface area (Å²) in [5.74, 6) is 0. The highest BCUT2D eigenvalue weighted by Gasteiger charge is 2.22. The van der Waals surface area contributed by atoms with Crippen molar-refractivity contribution in [2.45, 2.75) is 44.4 Å². The van der Waals surface area contributed by atoms with E-state index in [1.54, 1.807) is 12.4 Å². The normalized spacial score (nSPS) is 23.6. The van der Waals surface area contributed by atoms with Gasteiger partial charge in [-0.1, -0.05) is 0 Å². The van der Waals surface area contributed by atoms with Gasteiger partial charge in [-0.25, -0.2) is 4.79 Å². The lowest BCUT2D eigenvalue weighted by Gasteiger charge is -2.28. The molecular formula is C13H18N2O3. The van der Waals surface area contributed by atoms with Gasteiger partial charge in [0.25, 0.3) is 0 Å². The zero-order valence-corrected chi connectivity index (χ0v) is 10.2. The average Bonchev–Trinajstić information content (AvgIpc) is 2.38. The molecule has 0 atom stereocenters. The summed E-state index contributed by atoms with van der Waals surface area (Å²) in [5, 5.41) is 11.2. The van der Waals surface area contributed by atoms with Gasteiger partial charge in [0.1, 0.15) is 0 Å². The maximum atomic E-state index is 10.5. The summed E-state index contributed by atoms with van der Waals surface area (Å²) >= 11 is 0. The largest absolute Gasteiger partial charge is 0.465 e. The van der Waals surface area contributed by atoms with Crippen molar-refractivity contribution in [3.05, 3.63) is 30.1 Å². The van der Waals surface area contributed by atoms with E-state index in [-0.39, 0.29) is 12.1 Å². The van der Waals surface area contributed by atoms with Crippen molar-refractivity contribution < 1.29 is 14.6 Å². The second-order valence-corrected chi connectivity index (χ2v) is 4.59. The van der Waals surface area contributed by atoms with Gasteiger partial charge in [0.15, 0.2) is 0 Å². The number of rotatable bonds is 4. The molecule has 1 amide bonds. The quantitative estimate of drug-likeness (QED) is 0.859. The van der Waals surface area contributed by atoms with E-state index in [9.17, 15) is 4.79 Å². The van der Waals surface area contributed by atoms with Crippen LogP contribution in [0.15, 0.2) is 24.5 Å². The Hall–Kier alpha value is -1.62. The maximum Gasteiger partial charge on any atom is 0.404 e. The van der Waals surface area contributed by atoms with Crippen LogP contribution in [-0.4, -0.2) is 28.3 Å². The van der Waals surface area contributed by atoms with Crippen molar-refractivity contribution in [1.82, 2.24) is 10.3 Å². The molecule has 0 saturated heterocycles. The number of pyridine rings is 1. The smallest absolute Gasteiger partial charge is 0.404 e. The van der Waals surface area contributed by atoms with Gasteiger partial charge in [0.05, 0.1) is 12.7 Å². The lowest BCUT2D eigenvalue weighted by molar-refractivity contribution is 0.0115. The minimum atomic E-state index is -0.934. The van der Waals surface area contributed by atoms with E-state index in [0.717, 1.165) is 31.2 Å². The number of amides is 1. The Labute approximate surface area is 106 Å². The zero-order chi connectivity index (χ0) is 12.8. The van der Waals surface area contributed by atoms with Crippen molar-refractivity contribution in [2.24, 2.45) is 0 Å². The third-order valence-electron chi connectivity index (χ3n) is 3.24. The van der Waals surface area contributed by atoms with Gasteiger partial charge in [0, 0.05) is 18.4 Å². The fourth-order valence-corrected chi connectivity index (χ4v) is 2.24. The molecule has 5 heteroatoms. The minimum Gasteiger partial charge on any atom is -0.465 e. The molecule has 1 aromatic rings. The van der Waals surface area contributed by atoms with Crippen molar-refractivity contribution in [3.63, 3.8) is 0 Å². The number of hydrogen-bond donors (Lipinski definition) is 2. The Morgan fingerprint density at radius 1 is 1.33 bits per heavy atom. The molecule has 2 N–H and O–H groups in total. The monoisotopic (exact) mass is 250 g/mol. The molecule has 2 rings (SSSR count). The maximum absolute atomic E-state index is 10.5. The summed E-state index contributed by atoms with van der Waals surface area (Å²) < 4.78 is 5.82. The predicted octanol–water partition coefficient (Wildman–Crippen LogP) is 2.18. The minimum absolute atomic E-state index is 0.0864. The van der Waals surface area contributed by atoms with Crippen LogP contribution in [0.2, 0.25) is 0 Å². The topological polar surface area (TPSA) is 71.5 Å². The molecule has 0 aromatic carbocycles. The van der Waals surface area contributed by atoms with Crippen molar-refractivity contribution in [3.8, 4) is 0 Å². The van der Waals surface area contributed by atoms with Crippen LogP contribution in [0.1, 0.15) is 31.2 Å². The average molecular weight is 250 g/mol. The molecule has 0 radical (unpaired) electrons. The Balaban J connectivity index is 1.69. The van der Waals surface area contributed by atoms with E-state index >= 15 is 0 Å². The molecule has 98 valence electrons. The highest BCUT2D eigenvalue weighted by atomic mass is 16.5. The predicted molar refractivity (Wildman–Crippen MR) is 66.2 cm³/mol. The van der Waals surface area contributed by atoms with Crippen molar-refractivity contribution in [1.29, 1.82) is 0 Å². The highest BCUT2D eigenvalue weighted by Crippen LogP contribution is 2.22. The van der Waals surface area contributed by atoms with Gasteiger partial charge >= 0.3 is 6.09 Å². The summed E-state index contributed by atoms with van der Waals surface area (Å²) in [7, 11) is 0. The van der Waals surface area contributed by atoms with Crippen LogP contribution in [0.5, 0.6) is 0 Å². The Morgan fingerprint density at radius 2 is 2.00 bits per heavy atom. The summed E-state index contributed by atoms with van der Waals surface area (Å²) in [6, 6.07) is 3.97. The summed E-state index contributed by atoms with van der Waals surface area (Å²) in [4.78, 5) is 14.5. The van der Waals surface area contributed by atoms with Crippen LogP contribution < -0.4 is 5.32 Å². The molecule has 0 bridgehead atoms. The van der Waals surface area contributed by atoms with E-state index in [2.05, 4.69) is 10.3 Å². The fourth-order valence-electron chi connectivity index (χ4n) is 2.24. The Morgan fingerprint density at radius 3 is 2.61 bits per heavy atom. The van der Waals surface area contributed by atoms with E-state index < -0.39 is 6.09 Å². The van der Waals surface area contributed by atoms with E-state index in [1.807, 2.05) is 12.1 Å². The number of ether oxygens (including phenoxy) is 1. The molecule has 1 heterocycles. The highest BCUT2D eigenvalue weighted by molar-refractivity contribution is 5.64. The lowest BCUT2D eigenvalue weighted by atomic mass is 9.93. The van der Waals surface area contributed by atoms with E-state index in [4.69, 9.17) is 9.84 Å². The van der Waals surface area contributed by atoms with E-state index in [0.29, 0.717) is 6.61 Å². The SMILES string of the molecule is O=C(O)NC1CCC(OCc2ccncc2)CC1. The molecule has 1 aliphatic carbocycles. The second kappa shape index (κ2) is 6.35. The van der Waals surface area contributed by atoms with Crippen LogP contribution in [0, 0.1) is 0 Å². The zero-order valence-electron chi connectivity index (χ0n) is 10.2. The van der Waals surface area contributed by atoms with Crippen LogP contribution in [-0.2, 0) is 11.3 Å². The number of nitrogens with zero attached hydrogens (tertiary/aromatic N) is 1. The molecule has 1 aliphatic rings. The third kappa shape index (κ3) is 4.00. The number of carboxylic acid groups (broad SMARTS) is 1. The molecule has 0 spiro atoms. The molecule has 1 fully saturated rings. The molecule has 1 aromatic heterocycles. The Bertz CT molecular complexity index is 375. The lowest BCUT2D eigenvalue weighted by Crippen LogP contribution is -2.38. The van der Waals surface area contributed by atoms with Gasteiger partial charge in [-0.2, -0.15) is 0 Å². The first-order valence-electron chi connectivity index (χ1n) is 6.24. The second-order valence-electron chi connectivity index (χ2n) is 4.59. The molecule has 1 saturated carbocycles. The van der Waals surface area contributed by atoms with Gasteiger partial charge < -0.3 is 15.2 Å². The first-order valence-corrected chi connectivity index (χ1v) is 6.24. The summed E-state index contributed by atoms with van der Waals surface area (Å²) in [5.41, 5.74) is 1.12. The summed E-state index contributed by atoms with van der Waals surface area (Å²) in [6.45, 7) is 0.601. The fraction of sp³-hybridized carbons (Fsp3) is 0.538. The van der Waals surface area contributed by atoms with Crippen molar-refractivity contribution >= 4 is 6.09 Å². The van der Waals surface area contributed by atoms with Gasteiger partial charge in [0.2, 0.25) is 0 Å². The third-order valence-corrected chi connectivity index (χ3v) is 3.24. The van der Waals surface area contributed by atoms with E-state index in [1.165, 1.54) is 0 Å². The molecule has 0 unspecified atom stereocenters. The number of hydrogen-bond acceptors (Lipinski definition) is 3. The van der Waals surface area contributed by atoms with Crippen LogP contribution in [0.3, 0.4) is 0 Å². The van der Waals surface area contributed by atoms with Crippen LogP contribution in [0.4, 0.5) is 4.79 Å². The van der Waals surface area contributed by atoms with Gasteiger partial charge in [-0.3, -0.25) is 4.98 Å². The van der Waals surface area contributed by atoms with Gasteiger partial charge in [-0.05, 0) is 43.4 Å². The molecule has 18 heavy (non-hydrogen) atoms.